The Hall–Kier alpha value is -1.29. The quantitative estimate of drug-likeness (QED) is 0.838. The second kappa shape index (κ2) is 7.03. The van der Waals surface area contributed by atoms with Crippen molar-refractivity contribution in [2.75, 3.05) is 19.3 Å². The number of nitrogens with zero attached hydrogens (tertiary/aromatic N) is 3. The first-order valence-electron chi connectivity index (χ1n) is 9.12. The number of likely N-dealkylation sites (tertiary alicyclic amines) is 1. The van der Waals surface area contributed by atoms with Crippen LogP contribution in [0.3, 0.4) is 0 Å². The molecule has 0 atom stereocenters. The van der Waals surface area contributed by atoms with E-state index in [4.69, 9.17) is 4.98 Å². The molecule has 9 heteroatoms. The zero-order valence-electron chi connectivity index (χ0n) is 14.9. The zero-order chi connectivity index (χ0) is 18.3. The Kier molecular flexibility index (Phi) is 4.89. The third-order valence-electron chi connectivity index (χ3n) is 5.17. The van der Waals surface area contributed by atoms with Gasteiger partial charge in [-0.15, -0.1) is 11.3 Å². The molecule has 1 aliphatic carbocycles. The summed E-state index contributed by atoms with van der Waals surface area (Å²) in [7, 11) is -3.16. The van der Waals surface area contributed by atoms with Gasteiger partial charge in [-0.05, 0) is 38.5 Å². The lowest BCUT2D eigenvalue weighted by atomic mass is 10.0. The Balaban J connectivity index is 1.48. The summed E-state index contributed by atoms with van der Waals surface area (Å²) in [4.78, 5) is 21.7. The molecule has 0 spiro atoms. The van der Waals surface area contributed by atoms with Gasteiger partial charge in [-0.1, -0.05) is 0 Å². The summed E-state index contributed by atoms with van der Waals surface area (Å²) in [5.74, 6) is 0. The summed E-state index contributed by atoms with van der Waals surface area (Å²) in [5, 5.41) is 0. The molecule has 1 saturated heterocycles. The average molecular weight is 397 g/mol. The number of rotatable bonds is 4. The molecule has 0 radical (unpaired) electrons. The fourth-order valence-corrected chi connectivity index (χ4v) is 6.04. The Morgan fingerprint density at radius 2 is 2.00 bits per heavy atom. The van der Waals surface area contributed by atoms with Gasteiger partial charge in [0.15, 0.2) is 4.96 Å². The fourth-order valence-electron chi connectivity index (χ4n) is 3.96. The van der Waals surface area contributed by atoms with E-state index in [2.05, 4.69) is 9.62 Å². The normalized spacial score (nSPS) is 19.7. The predicted octanol–water partition coefficient (Wildman–Crippen LogP) is 1.15. The van der Waals surface area contributed by atoms with Crippen molar-refractivity contribution in [2.24, 2.45) is 0 Å². The van der Waals surface area contributed by atoms with Crippen LogP contribution in [0.25, 0.3) is 4.96 Å². The van der Waals surface area contributed by atoms with E-state index in [1.54, 1.807) is 21.8 Å². The smallest absolute Gasteiger partial charge is 0.259 e. The maximum atomic E-state index is 12.6. The molecule has 0 bridgehead atoms. The minimum atomic E-state index is -3.16. The molecule has 0 amide bonds. The van der Waals surface area contributed by atoms with Crippen molar-refractivity contribution < 1.29 is 8.42 Å². The van der Waals surface area contributed by atoms with Gasteiger partial charge in [0, 0.05) is 42.3 Å². The van der Waals surface area contributed by atoms with E-state index in [1.807, 2.05) is 0 Å². The molecule has 0 unspecified atom stereocenters. The topological polar surface area (TPSA) is 83.8 Å². The maximum absolute atomic E-state index is 12.6. The second-order valence-electron chi connectivity index (χ2n) is 7.32. The van der Waals surface area contributed by atoms with Gasteiger partial charge in [-0.3, -0.25) is 14.1 Å². The van der Waals surface area contributed by atoms with Crippen LogP contribution in [0.4, 0.5) is 0 Å². The van der Waals surface area contributed by atoms with Crippen LogP contribution in [0.5, 0.6) is 0 Å². The van der Waals surface area contributed by atoms with Gasteiger partial charge in [0.1, 0.15) is 0 Å². The molecule has 2 aromatic rings. The average Bonchev–Trinajstić information content (AvgIpc) is 2.94. The van der Waals surface area contributed by atoms with Crippen LogP contribution >= 0.6 is 11.3 Å². The lowest BCUT2D eigenvalue weighted by Gasteiger charge is -2.31. The first-order valence-corrected chi connectivity index (χ1v) is 11.8. The number of piperidine rings is 1. The standard InChI is InChI=1S/C17H24N4O3S2/c1-26(23,24)19-12-6-8-20(9-7-12)11-13-10-16(22)21-14-4-2-3-5-15(14)25-17(21)18-13/h10,12,19H,2-9,11H2,1H3. The monoisotopic (exact) mass is 396 g/mol. The van der Waals surface area contributed by atoms with Crippen molar-refractivity contribution in [1.82, 2.24) is 19.0 Å². The van der Waals surface area contributed by atoms with Gasteiger partial charge in [0.2, 0.25) is 10.0 Å². The highest BCUT2D eigenvalue weighted by Crippen LogP contribution is 2.28. The number of hydrogen-bond acceptors (Lipinski definition) is 6. The van der Waals surface area contributed by atoms with E-state index in [9.17, 15) is 13.2 Å². The molecule has 26 heavy (non-hydrogen) atoms. The number of thiazole rings is 1. The Labute approximate surface area is 157 Å². The summed E-state index contributed by atoms with van der Waals surface area (Å²) in [6.45, 7) is 2.24. The molecule has 1 N–H and O–H groups in total. The summed E-state index contributed by atoms with van der Waals surface area (Å²) in [5.41, 5.74) is 1.99. The number of aryl methyl sites for hydroxylation is 2. The highest BCUT2D eigenvalue weighted by molar-refractivity contribution is 7.88. The van der Waals surface area contributed by atoms with Crippen LogP contribution in [0.15, 0.2) is 10.9 Å². The minimum absolute atomic E-state index is 0.00587. The first kappa shape index (κ1) is 18.1. The summed E-state index contributed by atoms with van der Waals surface area (Å²) >= 11 is 1.65. The van der Waals surface area contributed by atoms with E-state index >= 15 is 0 Å². The predicted molar refractivity (Wildman–Crippen MR) is 102 cm³/mol. The molecule has 0 saturated carbocycles. The number of fused-ring (bicyclic) bond motifs is 3. The summed E-state index contributed by atoms with van der Waals surface area (Å²) in [6.07, 6.45) is 7.12. The van der Waals surface area contributed by atoms with Crippen LogP contribution in [0.1, 0.15) is 41.9 Å². The Morgan fingerprint density at radius 1 is 1.27 bits per heavy atom. The maximum Gasteiger partial charge on any atom is 0.259 e. The van der Waals surface area contributed by atoms with E-state index in [-0.39, 0.29) is 11.6 Å². The lowest BCUT2D eigenvalue weighted by molar-refractivity contribution is 0.198. The molecule has 2 aliphatic rings. The Morgan fingerprint density at radius 3 is 2.73 bits per heavy atom. The molecule has 142 valence electrons. The molecule has 2 aromatic heterocycles. The van der Waals surface area contributed by atoms with Crippen molar-refractivity contribution in [3.63, 3.8) is 0 Å². The SMILES string of the molecule is CS(=O)(=O)NC1CCN(Cc2cc(=O)n3c4c(sc3n2)CCCC4)CC1. The first-order chi connectivity index (χ1) is 12.4. The molecular formula is C17H24N4O3S2. The van der Waals surface area contributed by atoms with Gasteiger partial charge in [0.05, 0.1) is 11.9 Å². The fraction of sp³-hybridized carbons (Fsp3) is 0.647. The molecule has 1 aliphatic heterocycles. The van der Waals surface area contributed by atoms with Crippen molar-refractivity contribution in [3.8, 4) is 0 Å². The van der Waals surface area contributed by atoms with Gasteiger partial charge >= 0.3 is 0 Å². The van der Waals surface area contributed by atoms with Gasteiger partial charge in [-0.25, -0.2) is 18.1 Å². The minimum Gasteiger partial charge on any atom is -0.297 e. The van der Waals surface area contributed by atoms with Crippen molar-refractivity contribution in [3.05, 3.63) is 32.7 Å². The molecule has 7 nitrogen and oxygen atoms in total. The third-order valence-corrected chi connectivity index (χ3v) is 7.07. The molecule has 3 heterocycles. The van der Waals surface area contributed by atoms with E-state index < -0.39 is 10.0 Å². The lowest BCUT2D eigenvalue weighted by Crippen LogP contribution is -2.44. The number of sulfonamides is 1. The van der Waals surface area contributed by atoms with Gasteiger partial charge in [-0.2, -0.15) is 0 Å². The Bertz CT molecular complexity index is 972. The van der Waals surface area contributed by atoms with E-state index in [0.717, 1.165) is 61.5 Å². The summed E-state index contributed by atoms with van der Waals surface area (Å²) < 4.78 is 27.2. The molecule has 1 fully saturated rings. The van der Waals surface area contributed by atoms with E-state index in [0.29, 0.717) is 6.54 Å². The molecule has 4 rings (SSSR count). The van der Waals surface area contributed by atoms with Crippen molar-refractivity contribution in [2.45, 2.75) is 51.1 Å². The number of aromatic nitrogens is 2. The van der Waals surface area contributed by atoms with E-state index in [1.165, 1.54) is 17.6 Å². The van der Waals surface area contributed by atoms with Crippen LogP contribution in [-0.4, -0.2) is 48.1 Å². The molecule has 0 aromatic carbocycles. The largest absolute Gasteiger partial charge is 0.297 e. The van der Waals surface area contributed by atoms with Gasteiger partial charge < -0.3 is 0 Å². The second-order valence-corrected chi connectivity index (χ2v) is 10.2. The van der Waals surface area contributed by atoms with Crippen molar-refractivity contribution >= 4 is 26.3 Å². The number of hydrogen-bond donors (Lipinski definition) is 1. The number of nitrogens with one attached hydrogen (secondary N) is 1. The highest BCUT2D eigenvalue weighted by Gasteiger charge is 2.23. The molecular weight excluding hydrogens is 372 g/mol. The van der Waals surface area contributed by atoms with Crippen LogP contribution in [-0.2, 0) is 29.4 Å². The third kappa shape index (κ3) is 3.85. The van der Waals surface area contributed by atoms with Crippen LogP contribution in [0.2, 0.25) is 0 Å². The summed E-state index contributed by atoms with van der Waals surface area (Å²) in [6, 6.07) is 1.67. The van der Waals surface area contributed by atoms with Crippen LogP contribution < -0.4 is 10.3 Å². The zero-order valence-corrected chi connectivity index (χ0v) is 16.5. The highest BCUT2D eigenvalue weighted by atomic mass is 32.2. The van der Waals surface area contributed by atoms with Gasteiger partial charge in [0.25, 0.3) is 5.56 Å². The van der Waals surface area contributed by atoms with Crippen molar-refractivity contribution in [1.29, 1.82) is 0 Å². The van der Waals surface area contributed by atoms with Crippen LogP contribution in [0, 0.1) is 0 Å².